The van der Waals surface area contributed by atoms with E-state index in [0.717, 1.165) is 0 Å². The predicted molar refractivity (Wildman–Crippen MR) is 53.9 cm³/mol. The summed E-state index contributed by atoms with van der Waals surface area (Å²) in [6, 6.07) is 1.21. The zero-order chi connectivity index (χ0) is 12.3. The third kappa shape index (κ3) is 2.40. The van der Waals surface area contributed by atoms with Gasteiger partial charge < -0.3 is 20.7 Å². The van der Waals surface area contributed by atoms with Gasteiger partial charge in [-0.2, -0.15) is 0 Å². The first-order valence-electron chi connectivity index (χ1n) is 4.50. The Balaban J connectivity index is 3.07. The molecule has 0 spiro atoms. The van der Waals surface area contributed by atoms with Crippen molar-refractivity contribution in [1.82, 2.24) is 0 Å². The minimum absolute atomic E-state index is 0.0645. The second-order valence-corrected chi connectivity index (χ2v) is 3.23. The molecule has 0 aliphatic rings. The van der Waals surface area contributed by atoms with E-state index in [9.17, 15) is 14.3 Å². The highest BCUT2D eigenvalue weighted by atomic mass is 19.1. The summed E-state index contributed by atoms with van der Waals surface area (Å²) in [6.45, 7) is 0. The lowest BCUT2D eigenvalue weighted by Gasteiger charge is -2.11. The summed E-state index contributed by atoms with van der Waals surface area (Å²) in [6.07, 6.45) is -0.301. The number of hydrogen-bond donors (Lipinski definition) is 3. The molecular weight excluding hydrogens is 217 g/mol. The molecule has 4 N–H and O–H groups in total. The van der Waals surface area contributed by atoms with Crippen molar-refractivity contribution in [2.45, 2.75) is 12.5 Å². The maximum Gasteiger partial charge on any atom is 0.320 e. The zero-order valence-electron chi connectivity index (χ0n) is 8.61. The first kappa shape index (κ1) is 12.3. The molecule has 0 fully saturated rings. The first-order valence-corrected chi connectivity index (χ1v) is 4.50. The summed E-state index contributed by atoms with van der Waals surface area (Å²) < 4.78 is 18.3. The second-order valence-electron chi connectivity index (χ2n) is 3.23. The normalized spacial score (nSPS) is 12.2. The van der Waals surface area contributed by atoms with Crippen LogP contribution in [0.25, 0.3) is 0 Å². The summed E-state index contributed by atoms with van der Waals surface area (Å²) in [5.74, 6) is -2.46. The molecule has 0 aliphatic carbocycles. The van der Waals surface area contributed by atoms with Crippen molar-refractivity contribution in [2.24, 2.45) is 5.73 Å². The van der Waals surface area contributed by atoms with Gasteiger partial charge in [0.05, 0.1) is 7.11 Å². The molecule has 0 radical (unpaired) electrons. The molecule has 6 heteroatoms. The van der Waals surface area contributed by atoms with E-state index in [1.807, 2.05) is 0 Å². The lowest BCUT2D eigenvalue weighted by molar-refractivity contribution is -0.138. The van der Waals surface area contributed by atoms with Crippen molar-refractivity contribution in [3.63, 3.8) is 0 Å². The Morgan fingerprint density at radius 3 is 2.75 bits per heavy atom. The van der Waals surface area contributed by atoms with Crippen LogP contribution >= 0.6 is 0 Å². The summed E-state index contributed by atoms with van der Waals surface area (Å²) >= 11 is 0. The topological polar surface area (TPSA) is 92.8 Å². The Morgan fingerprint density at radius 2 is 2.25 bits per heavy atom. The molecular formula is C10H12FNO4. The van der Waals surface area contributed by atoms with Gasteiger partial charge in [-0.25, -0.2) is 4.39 Å². The van der Waals surface area contributed by atoms with Crippen LogP contribution in [0.2, 0.25) is 0 Å². The molecule has 1 aromatic rings. The number of halogens is 1. The fourth-order valence-electron chi connectivity index (χ4n) is 1.25. The van der Waals surface area contributed by atoms with Crippen molar-refractivity contribution in [1.29, 1.82) is 0 Å². The summed E-state index contributed by atoms with van der Waals surface area (Å²) in [5, 5.41) is 18.0. The van der Waals surface area contributed by atoms with Crippen LogP contribution in [0.15, 0.2) is 12.1 Å². The Bertz CT molecular complexity index is 408. The monoisotopic (exact) mass is 229 g/mol. The van der Waals surface area contributed by atoms with Gasteiger partial charge in [-0.3, -0.25) is 4.79 Å². The molecule has 0 bridgehead atoms. The number of rotatable bonds is 4. The number of ether oxygens (including phenoxy) is 1. The van der Waals surface area contributed by atoms with Gasteiger partial charge in [0, 0.05) is 12.0 Å². The molecule has 5 nitrogen and oxygen atoms in total. The van der Waals surface area contributed by atoms with Gasteiger partial charge in [0.1, 0.15) is 11.8 Å². The number of phenols is 1. The van der Waals surface area contributed by atoms with Gasteiger partial charge in [0.2, 0.25) is 0 Å². The Hall–Kier alpha value is -1.82. The summed E-state index contributed by atoms with van der Waals surface area (Å²) in [5.41, 5.74) is 5.10. The fraction of sp³-hybridized carbons (Fsp3) is 0.300. The number of aliphatic carboxylic acids is 1. The quantitative estimate of drug-likeness (QED) is 0.698. The van der Waals surface area contributed by atoms with Crippen molar-refractivity contribution < 1.29 is 24.1 Å². The minimum atomic E-state index is -1.27. The van der Waals surface area contributed by atoms with Crippen LogP contribution in [0.1, 0.15) is 5.56 Å². The van der Waals surface area contributed by atoms with E-state index in [-0.39, 0.29) is 23.5 Å². The van der Waals surface area contributed by atoms with Crippen LogP contribution in [-0.2, 0) is 11.2 Å². The van der Waals surface area contributed by atoms with E-state index in [4.69, 9.17) is 15.6 Å². The van der Waals surface area contributed by atoms with Crippen molar-refractivity contribution in [3.8, 4) is 11.5 Å². The molecule has 0 amide bonds. The summed E-state index contributed by atoms with van der Waals surface area (Å²) in [4.78, 5) is 10.5. The highest BCUT2D eigenvalue weighted by molar-refractivity contribution is 5.73. The molecule has 1 aromatic carbocycles. The number of phenolic OH excluding ortho intramolecular Hbond substituents is 1. The number of hydrogen-bond acceptors (Lipinski definition) is 4. The van der Waals surface area contributed by atoms with Crippen LogP contribution in [0.3, 0.4) is 0 Å². The molecule has 16 heavy (non-hydrogen) atoms. The molecule has 88 valence electrons. The van der Waals surface area contributed by atoms with Crippen LogP contribution in [-0.4, -0.2) is 29.3 Å². The number of aromatic hydroxyl groups is 1. The molecule has 1 atom stereocenters. The molecule has 0 aromatic heterocycles. The highest BCUT2D eigenvalue weighted by Crippen LogP contribution is 2.28. The van der Waals surface area contributed by atoms with E-state index < -0.39 is 17.8 Å². The number of benzene rings is 1. The SMILES string of the molecule is COc1ccc(O)c(CC(N)C(=O)O)c1F. The summed E-state index contributed by atoms with van der Waals surface area (Å²) in [7, 11) is 1.27. The highest BCUT2D eigenvalue weighted by Gasteiger charge is 2.20. The van der Waals surface area contributed by atoms with Gasteiger partial charge in [0.25, 0.3) is 0 Å². The Labute approximate surface area is 91.3 Å². The first-order chi connectivity index (χ1) is 7.47. The van der Waals surface area contributed by atoms with Gasteiger partial charge in [-0.15, -0.1) is 0 Å². The largest absolute Gasteiger partial charge is 0.508 e. The van der Waals surface area contributed by atoms with Crippen molar-refractivity contribution in [2.75, 3.05) is 7.11 Å². The Morgan fingerprint density at radius 1 is 1.62 bits per heavy atom. The third-order valence-corrected chi connectivity index (χ3v) is 2.14. The van der Waals surface area contributed by atoms with Gasteiger partial charge in [-0.1, -0.05) is 0 Å². The Kier molecular flexibility index (Phi) is 3.68. The van der Waals surface area contributed by atoms with Gasteiger partial charge >= 0.3 is 5.97 Å². The third-order valence-electron chi connectivity index (χ3n) is 2.14. The van der Waals surface area contributed by atoms with Crippen LogP contribution in [0.5, 0.6) is 11.5 Å². The van der Waals surface area contributed by atoms with E-state index in [1.165, 1.54) is 19.2 Å². The number of carboxylic acids is 1. The number of nitrogens with two attached hydrogens (primary N) is 1. The number of methoxy groups -OCH3 is 1. The average Bonchev–Trinajstić information content (AvgIpc) is 2.24. The maximum absolute atomic E-state index is 13.6. The van der Waals surface area contributed by atoms with E-state index in [2.05, 4.69) is 0 Å². The standard InChI is InChI=1S/C10H12FNO4/c1-16-8-3-2-7(13)5(9(8)11)4-6(12)10(14)15/h2-3,6,13H,4,12H2,1H3,(H,14,15). The molecule has 1 rings (SSSR count). The van der Waals surface area contributed by atoms with E-state index in [1.54, 1.807) is 0 Å². The molecule has 0 aliphatic heterocycles. The lowest BCUT2D eigenvalue weighted by Crippen LogP contribution is -2.32. The van der Waals surface area contributed by atoms with Crippen LogP contribution < -0.4 is 10.5 Å². The van der Waals surface area contributed by atoms with E-state index in [0.29, 0.717) is 0 Å². The second kappa shape index (κ2) is 4.80. The van der Waals surface area contributed by atoms with Crippen molar-refractivity contribution in [3.05, 3.63) is 23.5 Å². The fourth-order valence-corrected chi connectivity index (χ4v) is 1.25. The smallest absolute Gasteiger partial charge is 0.320 e. The predicted octanol–water partition coefficient (Wildman–Crippen LogP) is 0.494. The van der Waals surface area contributed by atoms with E-state index >= 15 is 0 Å². The lowest BCUT2D eigenvalue weighted by atomic mass is 10.0. The number of carboxylic acid groups (broad SMARTS) is 1. The number of carbonyl (C=O) groups is 1. The molecule has 0 saturated heterocycles. The molecule has 0 saturated carbocycles. The van der Waals surface area contributed by atoms with Crippen molar-refractivity contribution >= 4 is 5.97 Å². The maximum atomic E-state index is 13.6. The average molecular weight is 229 g/mol. The van der Waals surface area contributed by atoms with Crippen LogP contribution in [0, 0.1) is 5.82 Å². The van der Waals surface area contributed by atoms with Gasteiger partial charge in [-0.05, 0) is 12.1 Å². The minimum Gasteiger partial charge on any atom is -0.508 e. The van der Waals surface area contributed by atoms with Crippen LogP contribution in [0.4, 0.5) is 4.39 Å². The van der Waals surface area contributed by atoms with Gasteiger partial charge in [0.15, 0.2) is 11.6 Å². The molecule has 0 heterocycles. The zero-order valence-corrected chi connectivity index (χ0v) is 8.61. The molecule has 1 unspecified atom stereocenters.